The minimum absolute atomic E-state index is 0.126. The molecule has 2 aromatic rings. The molecule has 1 heterocycles. The summed E-state index contributed by atoms with van der Waals surface area (Å²) in [6, 6.07) is 8.13. The Kier molecular flexibility index (Phi) is 10.2. The van der Waals surface area contributed by atoms with E-state index in [-0.39, 0.29) is 12.1 Å². The van der Waals surface area contributed by atoms with Crippen molar-refractivity contribution >= 4 is 52.0 Å². The summed E-state index contributed by atoms with van der Waals surface area (Å²) < 4.78 is 5.11. The largest absolute Gasteiger partial charge is 0.497 e. The first-order chi connectivity index (χ1) is 16.7. The van der Waals surface area contributed by atoms with Crippen LogP contribution in [-0.2, 0) is 4.79 Å². The molecule has 3 rings (SSSR count). The number of amides is 2. The van der Waals surface area contributed by atoms with Crippen LogP contribution < -0.4 is 10.1 Å². The number of ether oxygens (including phenoxy) is 1. The minimum Gasteiger partial charge on any atom is -0.497 e. The number of urea groups is 1. The summed E-state index contributed by atoms with van der Waals surface area (Å²) in [5.74, 6) is 1.57. The van der Waals surface area contributed by atoms with E-state index in [4.69, 9.17) is 4.74 Å². The molecule has 7 nitrogen and oxygen atoms in total. The highest BCUT2D eigenvalue weighted by molar-refractivity contribution is 8.03. The number of hydrogen-bond acceptors (Lipinski definition) is 7. The monoisotopic (exact) mass is 537 g/mol. The zero-order chi connectivity index (χ0) is 25.4. The van der Waals surface area contributed by atoms with Gasteiger partial charge in [0.05, 0.1) is 17.5 Å². The van der Waals surface area contributed by atoms with Crippen LogP contribution in [0.25, 0.3) is 0 Å². The highest BCUT2D eigenvalue weighted by atomic mass is 32.2. The summed E-state index contributed by atoms with van der Waals surface area (Å²) in [6.07, 6.45) is 6.82. The van der Waals surface area contributed by atoms with Crippen molar-refractivity contribution in [2.45, 2.75) is 72.8 Å². The minimum atomic E-state index is -0.959. The molecule has 35 heavy (non-hydrogen) atoms. The normalized spacial score (nSPS) is 18.2. The molecule has 1 aromatic carbocycles. The predicted molar refractivity (Wildman–Crippen MR) is 145 cm³/mol. The molecule has 1 fully saturated rings. The fourth-order valence-corrected chi connectivity index (χ4v) is 7.09. The van der Waals surface area contributed by atoms with Crippen LogP contribution in [0.3, 0.4) is 0 Å². The van der Waals surface area contributed by atoms with Crippen LogP contribution in [0.2, 0.25) is 0 Å². The van der Waals surface area contributed by atoms with Crippen LogP contribution >= 0.6 is 34.9 Å². The topological polar surface area (TPSA) is 91.8 Å². The Labute approximate surface area is 220 Å². The summed E-state index contributed by atoms with van der Waals surface area (Å²) in [5.41, 5.74) is 0. The van der Waals surface area contributed by atoms with Crippen molar-refractivity contribution in [2.75, 3.05) is 24.7 Å². The molecule has 2 amide bonds. The number of aliphatic carboxylic acids is 1. The van der Waals surface area contributed by atoms with E-state index in [1.807, 2.05) is 23.1 Å². The van der Waals surface area contributed by atoms with E-state index in [0.29, 0.717) is 17.6 Å². The van der Waals surface area contributed by atoms with Gasteiger partial charge in [-0.25, -0.2) is 9.78 Å². The fourth-order valence-electron chi connectivity index (χ4n) is 3.94. The third-order valence-corrected chi connectivity index (χ3v) is 9.39. The summed E-state index contributed by atoms with van der Waals surface area (Å²) in [4.78, 5) is 32.2. The number of anilines is 1. The average molecular weight is 538 g/mol. The number of nitrogens with one attached hydrogen (secondary N) is 1. The van der Waals surface area contributed by atoms with Crippen molar-refractivity contribution in [2.24, 2.45) is 5.92 Å². The van der Waals surface area contributed by atoms with E-state index in [2.05, 4.69) is 23.3 Å². The van der Waals surface area contributed by atoms with Gasteiger partial charge in [0.25, 0.3) is 0 Å². The summed E-state index contributed by atoms with van der Waals surface area (Å²) in [6.45, 7) is 6.28. The Bertz CT molecular complexity index is 990. The van der Waals surface area contributed by atoms with E-state index in [0.717, 1.165) is 52.7 Å². The Hall–Kier alpha value is -1.91. The number of aromatic nitrogens is 1. The van der Waals surface area contributed by atoms with Gasteiger partial charge in [-0.3, -0.25) is 10.1 Å². The van der Waals surface area contributed by atoms with Gasteiger partial charge in [0, 0.05) is 17.5 Å². The van der Waals surface area contributed by atoms with Gasteiger partial charge in [0.2, 0.25) is 0 Å². The first-order valence-corrected chi connectivity index (χ1v) is 14.5. The molecular formula is C25H35N3O4S3. The lowest BCUT2D eigenvalue weighted by atomic mass is 9.86. The predicted octanol–water partition coefficient (Wildman–Crippen LogP) is 6.70. The Morgan fingerprint density at radius 2 is 2.03 bits per heavy atom. The zero-order valence-electron chi connectivity index (χ0n) is 20.8. The van der Waals surface area contributed by atoms with Gasteiger partial charge in [-0.1, -0.05) is 36.1 Å². The number of methoxy groups -OCH3 is 1. The van der Waals surface area contributed by atoms with Crippen LogP contribution in [0.15, 0.2) is 39.6 Å². The third kappa shape index (κ3) is 8.32. The molecule has 0 radical (unpaired) electrons. The maximum atomic E-state index is 13.3. The second-order valence-corrected chi connectivity index (χ2v) is 13.4. The molecule has 0 bridgehead atoms. The van der Waals surface area contributed by atoms with Crippen molar-refractivity contribution < 1.29 is 19.4 Å². The molecular weight excluding hydrogens is 502 g/mol. The van der Waals surface area contributed by atoms with Crippen molar-refractivity contribution in [1.29, 1.82) is 0 Å². The molecule has 2 N–H and O–H groups in total. The molecule has 1 aliphatic carbocycles. The van der Waals surface area contributed by atoms with E-state index < -0.39 is 10.7 Å². The zero-order valence-corrected chi connectivity index (χ0v) is 23.2. The van der Waals surface area contributed by atoms with E-state index in [1.165, 1.54) is 23.1 Å². The number of thioether (sulfide) groups is 2. The highest BCUT2D eigenvalue weighted by Crippen LogP contribution is 2.37. The van der Waals surface area contributed by atoms with Gasteiger partial charge in [-0.2, -0.15) is 0 Å². The molecule has 0 saturated heterocycles. The van der Waals surface area contributed by atoms with Crippen LogP contribution in [-0.4, -0.2) is 57.2 Å². The van der Waals surface area contributed by atoms with Gasteiger partial charge in [-0.05, 0) is 75.8 Å². The smallest absolute Gasteiger partial charge is 0.323 e. The third-order valence-electron chi connectivity index (χ3n) is 6.11. The molecule has 1 saturated carbocycles. The summed E-state index contributed by atoms with van der Waals surface area (Å²) in [7, 11) is 1.67. The van der Waals surface area contributed by atoms with Crippen LogP contribution in [0, 0.1) is 5.92 Å². The number of nitrogens with zero attached hydrogens (tertiary/aromatic N) is 2. The fraction of sp³-hybridized carbons (Fsp3) is 0.560. The van der Waals surface area contributed by atoms with Crippen molar-refractivity contribution in [1.82, 2.24) is 9.88 Å². The lowest BCUT2D eigenvalue weighted by Crippen LogP contribution is -2.45. The van der Waals surface area contributed by atoms with Gasteiger partial charge in [0.1, 0.15) is 10.5 Å². The molecule has 0 atom stereocenters. The van der Waals surface area contributed by atoms with Crippen molar-refractivity contribution in [3.63, 3.8) is 0 Å². The molecule has 0 aliphatic heterocycles. The SMILES string of the molecule is COc1cccc(SCCCN(C(=O)Nc2ncc(SC(C)(C)C(=O)O)s2)[C@H]2CC[C@H](C)CC2)c1. The molecule has 1 aromatic heterocycles. The second kappa shape index (κ2) is 12.9. The molecule has 10 heteroatoms. The number of carboxylic acid groups (broad SMARTS) is 1. The van der Waals surface area contributed by atoms with Gasteiger partial charge in [-0.15, -0.1) is 11.8 Å². The molecule has 0 unspecified atom stereocenters. The van der Waals surface area contributed by atoms with Crippen LogP contribution in [0.5, 0.6) is 5.75 Å². The standard InChI is InChI=1S/C25H35N3O4S3/c1-17-9-11-18(12-10-17)28(13-6-14-33-20-8-5-7-19(15-20)32-4)24(31)27-23-26-16-21(34-23)35-25(2,3)22(29)30/h5,7-8,15-18H,6,9-14H2,1-4H3,(H,29,30)(H,26,27,31)/t17-,18-. The Morgan fingerprint density at radius 1 is 1.29 bits per heavy atom. The van der Waals surface area contributed by atoms with Gasteiger partial charge >= 0.3 is 12.0 Å². The Morgan fingerprint density at radius 3 is 2.71 bits per heavy atom. The molecule has 192 valence electrons. The quantitative estimate of drug-likeness (QED) is 0.243. The number of carbonyl (C=O) groups is 2. The van der Waals surface area contributed by atoms with Gasteiger partial charge in [0.15, 0.2) is 5.13 Å². The van der Waals surface area contributed by atoms with E-state index in [9.17, 15) is 14.7 Å². The first-order valence-electron chi connectivity index (χ1n) is 11.9. The molecule has 0 spiro atoms. The number of carbonyl (C=O) groups excluding carboxylic acids is 1. The second-order valence-electron chi connectivity index (χ2n) is 9.32. The first kappa shape index (κ1) is 27.7. The van der Waals surface area contributed by atoms with Crippen LogP contribution in [0.1, 0.15) is 52.9 Å². The molecule has 1 aliphatic rings. The number of hydrogen-bond donors (Lipinski definition) is 2. The summed E-state index contributed by atoms with van der Waals surface area (Å²) >= 11 is 4.31. The lowest BCUT2D eigenvalue weighted by molar-refractivity contribution is -0.138. The maximum Gasteiger partial charge on any atom is 0.323 e. The number of benzene rings is 1. The van der Waals surface area contributed by atoms with Crippen molar-refractivity contribution in [3.05, 3.63) is 30.5 Å². The number of thiazole rings is 1. The van der Waals surface area contributed by atoms with E-state index >= 15 is 0 Å². The van der Waals surface area contributed by atoms with Gasteiger partial charge < -0.3 is 14.7 Å². The Balaban J connectivity index is 1.59. The average Bonchev–Trinajstić information content (AvgIpc) is 3.25. The van der Waals surface area contributed by atoms with E-state index in [1.54, 1.807) is 38.9 Å². The maximum absolute atomic E-state index is 13.3. The lowest BCUT2D eigenvalue weighted by Gasteiger charge is -2.36. The highest BCUT2D eigenvalue weighted by Gasteiger charge is 2.30. The van der Waals surface area contributed by atoms with Crippen molar-refractivity contribution in [3.8, 4) is 5.75 Å². The summed E-state index contributed by atoms with van der Waals surface area (Å²) in [5, 5.41) is 12.8. The number of carboxylic acids is 1. The number of rotatable bonds is 11. The van der Waals surface area contributed by atoms with Crippen LogP contribution in [0.4, 0.5) is 9.93 Å².